The lowest BCUT2D eigenvalue weighted by Gasteiger charge is -2.09. The zero-order chi connectivity index (χ0) is 11.4. The van der Waals surface area contributed by atoms with Gasteiger partial charge in [0.1, 0.15) is 5.69 Å². The first-order chi connectivity index (χ1) is 7.04. The standard InChI is InChI=1S/C11H19N3O/c1-5-8(4)12-11(15)10-6-9(7(2)3)13-14-10/h6-8H,5H2,1-4H3,(H,12,15)(H,13,14). The van der Waals surface area contributed by atoms with Gasteiger partial charge in [0.05, 0.1) is 0 Å². The second kappa shape index (κ2) is 4.96. The Bertz CT molecular complexity index is 330. The van der Waals surface area contributed by atoms with Crippen LogP contribution in [0.15, 0.2) is 6.07 Å². The van der Waals surface area contributed by atoms with Gasteiger partial charge in [0, 0.05) is 11.7 Å². The van der Waals surface area contributed by atoms with Crippen LogP contribution in [0, 0.1) is 0 Å². The second-order valence-corrected chi connectivity index (χ2v) is 4.15. The van der Waals surface area contributed by atoms with E-state index in [2.05, 4.69) is 29.4 Å². The third-order valence-electron chi connectivity index (χ3n) is 2.44. The number of nitrogens with one attached hydrogen (secondary N) is 2. The van der Waals surface area contributed by atoms with E-state index in [4.69, 9.17) is 0 Å². The molecule has 0 aromatic carbocycles. The summed E-state index contributed by atoms with van der Waals surface area (Å²) in [6.45, 7) is 8.14. The summed E-state index contributed by atoms with van der Waals surface area (Å²) in [7, 11) is 0. The van der Waals surface area contributed by atoms with Crippen molar-refractivity contribution in [1.82, 2.24) is 15.5 Å². The van der Waals surface area contributed by atoms with Crippen molar-refractivity contribution in [2.45, 2.75) is 46.1 Å². The predicted octanol–water partition coefficient (Wildman–Crippen LogP) is 2.06. The molecule has 0 fully saturated rings. The molecule has 2 N–H and O–H groups in total. The van der Waals surface area contributed by atoms with Crippen molar-refractivity contribution < 1.29 is 4.79 Å². The summed E-state index contributed by atoms with van der Waals surface area (Å²) in [5, 5.41) is 9.73. The molecule has 1 unspecified atom stereocenters. The molecule has 4 nitrogen and oxygen atoms in total. The van der Waals surface area contributed by atoms with Crippen LogP contribution in [-0.2, 0) is 0 Å². The van der Waals surface area contributed by atoms with E-state index in [1.165, 1.54) is 0 Å². The number of carbonyl (C=O) groups excluding carboxylic acids is 1. The van der Waals surface area contributed by atoms with Gasteiger partial charge in [0.2, 0.25) is 0 Å². The van der Waals surface area contributed by atoms with Crippen LogP contribution in [0.5, 0.6) is 0 Å². The van der Waals surface area contributed by atoms with Gasteiger partial charge >= 0.3 is 0 Å². The van der Waals surface area contributed by atoms with Gasteiger partial charge in [-0.15, -0.1) is 0 Å². The Morgan fingerprint density at radius 1 is 1.53 bits per heavy atom. The fourth-order valence-corrected chi connectivity index (χ4v) is 1.15. The Hall–Kier alpha value is -1.32. The summed E-state index contributed by atoms with van der Waals surface area (Å²) in [4.78, 5) is 11.7. The number of aromatic amines is 1. The van der Waals surface area contributed by atoms with Crippen molar-refractivity contribution in [1.29, 1.82) is 0 Å². The molecule has 4 heteroatoms. The van der Waals surface area contributed by atoms with E-state index in [1.54, 1.807) is 0 Å². The second-order valence-electron chi connectivity index (χ2n) is 4.15. The van der Waals surface area contributed by atoms with Gasteiger partial charge in [-0.05, 0) is 25.3 Å². The van der Waals surface area contributed by atoms with Crippen LogP contribution in [0.3, 0.4) is 0 Å². The topological polar surface area (TPSA) is 57.8 Å². The Balaban J connectivity index is 2.66. The minimum atomic E-state index is -0.104. The molecule has 1 rings (SSSR count). The molecule has 1 aromatic heterocycles. The third-order valence-corrected chi connectivity index (χ3v) is 2.44. The average molecular weight is 209 g/mol. The van der Waals surface area contributed by atoms with Crippen LogP contribution in [0.1, 0.15) is 56.2 Å². The average Bonchev–Trinajstić information content (AvgIpc) is 2.66. The normalized spacial score (nSPS) is 12.9. The van der Waals surface area contributed by atoms with E-state index < -0.39 is 0 Å². The van der Waals surface area contributed by atoms with Crippen molar-refractivity contribution in [2.24, 2.45) is 0 Å². The number of hydrogen-bond acceptors (Lipinski definition) is 2. The zero-order valence-electron chi connectivity index (χ0n) is 9.79. The predicted molar refractivity (Wildman–Crippen MR) is 59.9 cm³/mol. The smallest absolute Gasteiger partial charge is 0.271 e. The maximum Gasteiger partial charge on any atom is 0.271 e. The lowest BCUT2D eigenvalue weighted by molar-refractivity contribution is 0.0934. The van der Waals surface area contributed by atoms with Gasteiger partial charge in [-0.2, -0.15) is 5.10 Å². The summed E-state index contributed by atoms with van der Waals surface area (Å²) in [6.07, 6.45) is 0.924. The van der Waals surface area contributed by atoms with Crippen molar-refractivity contribution in [3.8, 4) is 0 Å². The summed E-state index contributed by atoms with van der Waals surface area (Å²) in [5.41, 5.74) is 1.46. The molecule has 0 saturated carbocycles. The number of rotatable bonds is 4. The highest BCUT2D eigenvalue weighted by molar-refractivity contribution is 5.92. The molecule has 0 radical (unpaired) electrons. The van der Waals surface area contributed by atoms with Crippen molar-refractivity contribution in [2.75, 3.05) is 0 Å². The molecule has 0 spiro atoms. The first kappa shape index (κ1) is 11.8. The fraction of sp³-hybridized carbons (Fsp3) is 0.636. The van der Waals surface area contributed by atoms with E-state index in [1.807, 2.05) is 19.9 Å². The number of H-pyrrole nitrogens is 1. The van der Waals surface area contributed by atoms with Gasteiger partial charge in [-0.3, -0.25) is 9.89 Å². The highest BCUT2D eigenvalue weighted by Crippen LogP contribution is 2.11. The maximum absolute atomic E-state index is 11.7. The SMILES string of the molecule is CCC(C)NC(=O)c1cc(C(C)C)[nH]n1. The minimum absolute atomic E-state index is 0.104. The zero-order valence-corrected chi connectivity index (χ0v) is 9.79. The molecule has 1 aromatic rings. The van der Waals surface area contributed by atoms with Crippen molar-refractivity contribution >= 4 is 5.91 Å². The Kier molecular flexibility index (Phi) is 3.88. The van der Waals surface area contributed by atoms with Gasteiger partial charge in [0.25, 0.3) is 5.91 Å². The monoisotopic (exact) mass is 209 g/mol. The highest BCUT2D eigenvalue weighted by Gasteiger charge is 2.13. The molecule has 84 valence electrons. The molecule has 0 saturated heterocycles. The van der Waals surface area contributed by atoms with E-state index in [9.17, 15) is 4.79 Å². The van der Waals surface area contributed by atoms with Crippen molar-refractivity contribution in [3.05, 3.63) is 17.5 Å². The van der Waals surface area contributed by atoms with E-state index in [0.29, 0.717) is 11.6 Å². The molecule has 1 atom stereocenters. The van der Waals surface area contributed by atoms with Crippen LogP contribution in [0.25, 0.3) is 0 Å². The molecule has 0 aliphatic rings. The van der Waals surface area contributed by atoms with E-state index in [0.717, 1.165) is 12.1 Å². The van der Waals surface area contributed by atoms with Crippen LogP contribution in [0.2, 0.25) is 0 Å². The van der Waals surface area contributed by atoms with Gasteiger partial charge in [-0.1, -0.05) is 20.8 Å². The Morgan fingerprint density at radius 3 is 2.67 bits per heavy atom. The third kappa shape index (κ3) is 3.08. The maximum atomic E-state index is 11.7. The summed E-state index contributed by atoms with van der Waals surface area (Å²) in [6, 6.07) is 2.00. The van der Waals surface area contributed by atoms with Crippen LogP contribution < -0.4 is 5.32 Å². The molecule has 1 amide bonds. The lowest BCUT2D eigenvalue weighted by Crippen LogP contribution is -2.32. The highest BCUT2D eigenvalue weighted by atomic mass is 16.2. The number of carbonyl (C=O) groups is 1. The summed E-state index contributed by atoms with van der Waals surface area (Å²) >= 11 is 0. The van der Waals surface area contributed by atoms with Crippen molar-refractivity contribution in [3.63, 3.8) is 0 Å². The molecule has 15 heavy (non-hydrogen) atoms. The number of aromatic nitrogens is 2. The molecule has 0 bridgehead atoms. The lowest BCUT2D eigenvalue weighted by atomic mass is 10.1. The first-order valence-electron chi connectivity index (χ1n) is 5.40. The van der Waals surface area contributed by atoms with E-state index >= 15 is 0 Å². The minimum Gasteiger partial charge on any atom is -0.348 e. The molecule has 0 aliphatic heterocycles. The molecular formula is C11H19N3O. The Labute approximate surface area is 90.5 Å². The number of amides is 1. The molecular weight excluding hydrogens is 190 g/mol. The van der Waals surface area contributed by atoms with Gasteiger partial charge < -0.3 is 5.32 Å². The number of nitrogens with zero attached hydrogens (tertiary/aromatic N) is 1. The summed E-state index contributed by atoms with van der Waals surface area (Å²) in [5.74, 6) is 0.259. The van der Waals surface area contributed by atoms with Gasteiger partial charge in [-0.25, -0.2) is 0 Å². The Morgan fingerprint density at radius 2 is 2.20 bits per heavy atom. The molecule has 0 aliphatic carbocycles. The largest absolute Gasteiger partial charge is 0.348 e. The quantitative estimate of drug-likeness (QED) is 0.797. The fourth-order valence-electron chi connectivity index (χ4n) is 1.15. The van der Waals surface area contributed by atoms with E-state index in [-0.39, 0.29) is 11.9 Å². The number of hydrogen-bond donors (Lipinski definition) is 2. The van der Waals surface area contributed by atoms with Crippen LogP contribution in [0.4, 0.5) is 0 Å². The molecule has 1 heterocycles. The summed E-state index contributed by atoms with van der Waals surface area (Å²) < 4.78 is 0. The van der Waals surface area contributed by atoms with Crippen LogP contribution in [-0.4, -0.2) is 22.1 Å². The first-order valence-corrected chi connectivity index (χ1v) is 5.40. The van der Waals surface area contributed by atoms with Crippen LogP contribution >= 0.6 is 0 Å². The van der Waals surface area contributed by atoms with Gasteiger partial charge in [0.15, 0.2) is 0 Å².